The van der Waals surface area contributed by atoms with Crippen LogP contribution in [0.3, 0.4) is 0 Å². The summed E-state index contributed by atoms with van der Waals surface area (Å²) in [6.07, 6.45) is 3.59. The van der Waals surface area contributed by atoms with E-state index in [9.17, 15) is 4.79 Å². The largest absolute Gasteiger partial charge is 0.354 e. The van der Waals surface area contributed by atoms with Gasteiger partial charge in [0.25, 0.3) is 0 Å². The zero-order valence-electron chi connectivity index (χ0n) is 12.1. The van der Waals surface area contributed by atoms with Crippen LogP contribution in [0.1, 0.15) is 23.1 Å². The van der Waals surface area contributed by atoms with Crippen molar-refractivity contribution in [1.29, 1.82) is 0 Å². The van der Waals surface area contributed by atoms with Gasteiger partial charge in [-0.1, -0.05) is 24.3 Å². The molecule has 21 heavy (non-hydrogen) atoms. The minimum absolute atomic E-state index is 0.0826. The summed E-state index contributed by atoms with van der Waals surface area (Å²) in [5.74, 6) is 0. The summed E-state index contributed by atoms with van der Waals surface area (Å²) in [5.41, 5.74) is 7.32. The average Bonchev–Trinajstić information content (AvgIpc) is 2.97. The maximum Gasteiger partial charge on any atom is 0.190 e. The first-order chi connectivity index (χ1) is 10.2. The van der Waals surface area contributed by atoms with E-state index in [1.807, 2.05) is 24.3 Å². The second-order valence-corrected chi connectivity index (χ2v) is 5.82. The van der Waals surface area contributed by atoms with Gasteiger partial charge in [-0.2, -0.15) is 0 Å². The van der Waals surface area contributed by atoms with Crippen molar-refractivity contribution in [2.45, 2.75) is 26.2 Å². The third kappa shape index (κ3) is 1.90. The number of hydrogen-bond donors (Lipinski definition) is 1. The number of hydrogen-bond acceptors (Lipinski definition) is 1. The smallest absolute Gasteiger partial charge is 0.190 e. The summed E-state index contributed by atoms with van der Waals surface area (Å²) in [6, 6.07) is 13.8. The van der Waals surface area contributed by atoms with Crippen LogP contribution in [-0.2, 0) is 12.8 Å². The summed E-state index contributed by atoms with van der Waals surface area (Å²) in [5, 5.41) is 0.750. The molecule has 1 aliphatic carbocycles. The lowest BCUT2D eigenvalue weighted by molar-refractivity contribution is 0.909. The topological polar surface area (TPSA) is 32.9 Å². The number of pyridine rings is 1. The highest BCUT2D eigenvalue weighted by molar-refractivity contribution is 5.82. The van der Waals surface area contributed by atoms with Crippen molar-refractivity contribution >= 4 is 10.9 Å². The summed E-state index contributed by atoms with van der Waals surface area (Å²) in [4.78, 5) is 15.7. The van der Waals surface area contributed by atoms with Crippen molar-refractivity contribution in [2.75, 3.05) is 0 Å². The molecule has 0 radical (unpaired) electrons. The van der Waals surface area contributed by atoms with Crippen LogP contribution in [0.5, 0.6) is 0 Å². The van der Waals surface area contributed by atoms with Gasteiger partial charge in [0.15, 0.2) is 5.43 Å². The Bertz CT molecular complexity index is 905. The van der Waals surface area contributed by atoms with Gasteiger partial charge in [0.1, 0.15) is 0 Å². The second kappa shape index (κ2) is 4.59. The molecule has 0 fully saturated rings. The minimum atomic E-state index is 0.0826. The number of para-hydroxylation sites is 1. The van der Waals surface area contributed by atoms with Crippen LogP contribution in [-0.4, -0.2) is 4.98 Å². The molecule has 0 bridgehead atoms. The van der Waals surface area contributed by atoms with Crippen molar-refractivity contribution in [2.24, 2.45) is 0 Å². The molecule has 0 atom stereocenters. The van der Waals surface area contributed by atoms with Gasteiger partial charge >= 0.3 is 0 Å². The summed E-state index contributed by atoms with van der Waals surface area (Å²) >= 11 is 0. The van der Waals surface area contributed by atoms with E-state index in [0.717, 1.165) is 28.6 Å². The summed E-state index contributed by atoms with van der Waals surface area (Å²) in [6.45, 7) is 2.17. The number of nitrogens with one attached hydrogen (secondary N) is 1. The first-order valence-electron chi connectivity index (χ1n) is 7.48. The molecule has 0 unspecified atom stereocenters. The molecule has 104 valence electrons. The number of aromatic nitrogens is 1. The first-order valence-corrected chi connectivity index (χ1v) is 7.48. The molecule has 2 aromatic carbocycles. The summed E-state index contributed by atoms with van der Waals surface area (Å²) in [7, 11) is 0. The van der Waals surface area contributed by atoms with Crippen molar-refractivity contribution in [3.05, 3.63) is 69.4 Å². The van der Waals surface area contributed by atoms with Gasteiger partial charge in [0, 0.05) is 28.2 Å². The van der Waals surface area contributed by atoms with Gasteiger partial charge in [0.05, 0.1) is 0 Å². The number of fused-ring (bicyclic) bond motifs is 2. The van der Waals surface area contributed by atoms with Gasteiger partial charge in [-0.25, -0.2) is 0 Å². The molecule has 1 aliphatic rings. The molecule has 1 aromatic heterocycles. The van der Waals surface area contributed by atoms with E-state index >= 15 is 0 Å². The molecule has 1 N–H and O–H groups in total. The van der Waals surface area contributed by atoms with Gasteiger partial charge in [-0.05, 0) is 55.0 Å². The molecule has 2 nitrogen and oxygen atoms in total. The van der Waals surface area contributed by atoms with Gasteiger partial charge in [-0.3, -0.25) is 4.79 Å². The maximum atomic E-state index is 12.3. The third-order valence-electron chi connectivity index (χ3n) is 4.60. The Labute approximate surface area is 123 Å². The fourth-order valence-corrected chi connectivity index (χ4v) is 3.48. The Morgan fingerprint density at radius 3 is 2.81 bits per heavy atom. The molecule has 1 heterocycles. The molecular weight excluding hydrogens is 258 g/mol. The van der Waals surface area contributed by atoms with E-state index in [0.29, 0.717) is 0 Å². The summed E-state index contributed by atoms with van der Waals surface area (Å²) < 4.78 is 0. The van der Waals surface area contributed by atoms with Crippen molar-refractivity contribution < 1.29 is 0 Å². The molecule has 0 saturated heterocycles. The highest BCUT2D eigenvalue weighted by Crippen LogP contribution is 2.32. The van der Waals surface area contributed by atoms with Crippen molar-refractivity contribution in [3.63, 3.8) is 0 Å². The van der Waals surface area contributed by atoms with Crippen molar-refractivity contribution in [1.82, 2.24) is 4.98 Å². The number of aryl methyl sites for hydroxylation is 1. The lowest BCUT2D eigenvalue weighted by atomic mass is 9.96. The number of rotatable bonds is 1. The fraction of sp³-hybridized carbons (Fsp3) is 0.211. The van der Waals surface area contributed by atoms with E-state index in [1.54, 1.807) is 6.07 Å². The molecule has 4 rings (SSSR count). The number of H-pyrrole nitrogens is 1. The van der Waals surface area contributed by atoms with E-state index in [2.05, 4.69) is 24.0 Å². The van der Waals surface area contributed by atoms with Crippen LogP contribution in [0.2, 0.25) is 0 Å². The zero-order valence-corrected chi connectivity index (χ0v) is 12.1. The maximum absolute atomic E-state index is 12.3. The zero-order chi connectivity index (χ0) is 14.4. The van der Waals surface area contributed by atoms with Crippen molar-refractivity contribution in [3.8, 4) is 11.3 Å². The monoisotopic (exact) mass is 275 g/mol. The Kier molecular flexibility index (Phi) is 2.71. The second-order valence-electron chi connectivity index (χ2n) is 5.82. The SMILES string of the molecule is Cc1c(-c2cc(=O)c3ccccc3[nH]2)ccc2c1CCC2. The van der Waals surface area contributed by atoms with Crippen LogP contribution in [0.4, 0.5) is 0 Å². The Morgan fingerprint density at radius 2 is 1.90 bits per heavy atom. The number of benzene rings is 2. The number of aromatic amines is 1. The molecule has 0 amide bonds. The standard InChI is InChI=1S/C19H17NO/c1-12-14-7-4-5-13(14)9-10-15(12)18-11-19(21)16-6-2-3-8-17(16)20-18/h2-3,6,8-11H,4-5,7H2,1H3,(H,20,21). The van der Waals surface area contributed by atoms with E-state index in [4.69, 9.17) is 0 Å². The fourth-order valence-electron chi connectivity index (χ4n) is 3.48. The van der Waals surface area contributed by atoms with Crippen LogP contribution in [0.25, 0.3) is 22.2 Å². The van der Waals surface area contributed by atoms with Crippen LogP contribution in [0, 0.1) is 6.92 Å². The molecule has 0 aliphatic heterocycles. The van der Waals surface area contributed by atoms with Gasteiger partial charge in [-0.15, -0.1) is 0 Å². The van der Waals surface area contributed by atoms with Crippen LogP contribution < -0.4 is 5.43 Å². The highest BCUT2D eigenvalue weighted by Gasteiger charge is 2.16. The molecular formula is C19H17NO. The predicted octanol–water partition coefficient (Wildman–Crippen LogP) is 3.99. The Balaban J connectivity index is 1.97. The average molecular weight is 275 g/mol. The molecule has 0 saturated carbocycles. The van der Waals surface area contributed by atoms with E-state index < -0.39 is 0 Å². The van der Waals surface area contributed by atoms with E-state index in [1.165, 1.54) is 29.5 Å². The molecule has 3 aromatic rings. The van der Waals surface area contributed by atoms with Gasteiger partial charge in [0.2, 0.25) is 0 Å². The molecule has 2 heteroatoms. The Hall–Kier alpha value is -2.35. The lowest BCUT2D eigenvalue weighted by Crippen LogP contribution is -2.04. The quantitative estimate of drug-likeness (QED) is 0.715. The minimum Gasteiger partial charge on any atom is -0.354 e. The van der Waals surface area contributed by atoms with E-state index in [-0.39, 0.29) is 5.43 Å². The molecule has 0 spiro atoms. The predicted molar refractivity (Wildman–Crippen MR) is 86.8 cm³/mol. The van der Waals surface area contributed by atoms with Crippen LogP contribution in [0.15, 0.2) is 47.3 Å². The van der Waals surface area contributed by atoms with Gasteiger partial charge < -0.3 is 4.98 Å². The lowest BCUT2D eigenvalue weighted by Gasteiger charge is -2.12. The van der Waals surface area contributed by atoms with Crippen LogP contribution >= 0.6 is 0 Å². The Morgan fingerprint density at radius 1 is 1.05 bits per heavy atom. The normalized spacial score (nSPS) is 13.6. The third-order valence-corrected chi connectivity index (χ3v) is 4.60. The first kappa shape index (κ1) is 12.4. The highest BCUT2D eigenvalue weighted by atomic mass is 16.1.